The van der Waals surface area contributed by atoms with Crippen LogP contribution in [0.1, 0.15) is 42.3 Å². The Morgan fingerprint density at radius 2 is 1.76 bits per heavy atom. The van der Waals surface area contributed by atoms with Crippen LogP contribution in [0, 0.1) is 0 Å². The molecule has 0 saturated carbocycles. The van der Waals surface area contributed by atoms with Crippen molar-refractivity contribution in [1.82, 2.24) is 0 Å². The van der Waals surface area contributed by atoms with Crippen molar-refractivity contribution in [3.63, 3.8) is 0 Å². The highest BCUT2D eigenvalue weighted by molar-refractivity contribution is 9.15. The highest BCUT2D eigenvalue weighted by Gasteiger charge is 2.23. The number of halogens is 2. The van der Waals surface area contributed by atoms with E-state index in [1.54, 1.807) is 24.3 Å². The Morgan fingerprint density at radius 3 is 2.40 bits per heavy atom. The summed E-state index contributed by atoms with van der Waals surface area (Å²) in [5.41, 5.74) is 2.85. The third-order valence-electron chi connectivity index (χ3n) is 3.72. The molecule has 2 aromatic rings. The first-order valence-corrected chi connectivity index (χ1v) is 9.16. The lowest BCUT2D eigenvalue weighted by atomic mass is 9.99. The van der Waals surface area contributed by atoms with Gasteiger partial charge < -0.3 is 10.1 Å². The molecule has 5 heteroatoms. The van der Waals surface area contributed by atoms with Crippen LogP contribution in [0.15, 0.2) is 48.5 Å². The Balaban J connectivity index is 1.88. The minimum Gasteiger partial charge on any atom is -0.356 e. The first kappa shape index (κ1) is 18.2. The Labute approximate surface area is 161 Å². The SMILES string of the molecule is CC(C)(C)OC1C=C(Br)c2cc(C(=O)c3ccc(Cl)cc3)ccc2N1. The van der Waals surface area contributed by atoms with Gasteiger partial charge in [0.1, 0.15) is 6.23 Å². The van der Waals surface area contributed by atoms with E-state index in [2.05, 4.69) is 21.2 Å². The largest absolute Gasteiger partial charge is 0.356 e. The fraction of sp³-hybridized carbons (Fsp3) is 0.250. The molecule has 130 valence electrons. The highest BCUT2D eigenvalue weighted by Crippen LogP contribution is 2.35. The number of ether oxygens (including phenoxy) is 1. The van der Waals surface area contributed by atoms with Gasteiger partial charge in [0.25, 0.3) is 0 Å². The van der Waals surface area contributed by atoms with Crippen molar-refractivity contribution in [2.75, 3.05) is 5.32 Å². The summed E-state index contributed by atoms with van der Waals surface area (Å²) in [6.07, 6.45) is 1.74. The van der Waals surface area contributed by atoms with Gasteiger partial charge in [-0.3, -0.25) is 4.79 Å². The van der Waals surface area contributed by atoms with Gasteiger partial charge >= 0.3 is 0 Å². The van der Waals surface area contributed by atoms with Crippen molar-refractivity contribution in [2.45, 2.75) is 32.6 Å². The molecule has 0 radical (unpaired) electrons. The summed E-state index contributed by atoms with van der Waals surface area (Å²) in [4.78, 5) is 12.7. The van der Waals surface area contributed by atoms with E-state index in [-0.39, 0.29) is 17.6 Å². The summed E-state index contributed by atoms with van der Waals surface area (Å²) in [6, 6.07) is 12.5. The minimum atomic E-state index is -0.260. The van der Waals surface area contributed by atoms with Gasteiger partial charge in [0, 0.05) is 31.9 Å². The summed E-state index contributed by atoms with van der Waals surface area (Å²) in [7, 11) is 0. The number of anilines is 1. The topological polar surface area (TPSA) is 38.3 Å². The Bertz CT molecular complexity index is 838. The second kappa shape index (κ2) is 6.94. The Kier molecular flexibility index (Phi) is 5.05. The lowest BCUT2D eigenvalue weighted by Crippen LogP contribution is -2.33. The van der Waals surface area contributed by atoms with Crippen LogP contribution in [0.2, 0.25) is 5.02 Å². The summed E-state index contributed by atoms with van der Waals surface area (Å²) in [5, 5.41) is 3.95. The Hall–Kier alpha value is -1.62. The molecule has 0 aliphatic carbocycles. The second-order valence-electron chi connectivity index (χ2n) is 6.91. The minimum absolute atomic E-state index is 0.0344. The van der Waals surface area contributed by atoms with Gasteiger partial charge in [0.2, 0.25) is 0 Å². The van der Waals surface area contributed by atoms with Crippen LogP contribution >= 0.6 is 27.5 Å². The number of carbonyl (C=O) groups excluding carboxylic acids is 1. The van der Waals surface area contributed by atoms with E-state index in [1.165, 1.54) is 0 Å². The molecule has 0 saturated heterocycles. The van der Waals surface area contributed by atoms with Gasteiger partial charge in [-0.05, 0) is 69.3 Å². The van der Waals surface area contributed by atoms with Crippen molar-refractivity contribution >= 4 is 43.5 Å². The molecule has 25 heavy (non-hydrogen) atoms. The summed E-state index contributed by atoms with van der Waals surface area (Å²) >= 11 is 9.49. The first-order chi connectivity index (χ1) is 11.7. The van der Waals surface area contributed by atoms with Gasteiger partial charge in [-0.15, -0.1) is 0 Å². The van der Waals surface area contributed by atoms with E-state index in [0.717, 1.165) is 15.7 Å². The van der Waals surface area contributed by atoms with Gasteiger partial charge in [-0.1, -0.05) is 27.5 Å². The molecular formula is C20H19BrClNO2. The van der Waals surface area contributed by atoms with E-state index in [9.17, 15) is 4.79 Å². The molecule has 0 fully saturated rings. The maximum atomic E-state index is 12.7. The lowest BCUT2D eigenvalue weighted by molar-refractivity contribution is -0.0259. The van der Waals surface area contributed by atoms with Crippen LogP contribution in [0.25, 0.3) is 4.48 Å². The zero-order chi connectivity index (χ0) is 18.2. The number of hydrogen-bond acceptors (Lipinski definition) is 3. The van der Waals surface area contributed by atoms with Crippen LogP contribution in [0.5, 0.6) is 0 Å². The predicted octanol–water partition coefficient (Wildman–Crippen LogP) is 5.87. The van der Waals surface area contributed by atoms with Crippen LogP contribution in [-0.4, -0.2) is 17.6 Å². The van der Waals surface area contributed by atoms with E-state index >= 15 is 0 Å². The molecule has 1 unspecified atom stereocenters. The van der Waals surface area contributed by atoms with Crippen LogP contribution in [0.4, 0.5) is 5.69 Å². The molecule has 1 aliphatic rings. The fourth-order valence-electron chi connectivity index (χ4n) is 2.64. The molecule has 2 aromatic carbocycles. The number of carbonyl (C=O) groups is 1. The number of nitrogens with one attached hydrogen (secondary N) is 1. The zero-order valence-electron chi connectivity index (χ0n) is 14.3. The molecule has 0 amide bonds. The van der Waals surface area contributed by atoms with Gasteiger partial charge in [-0.25, -0.2) is 0 Å². The molecular weight excluding hydrogens is 402 g/mol. The molecule has 1 aliphatic heterocycles. The standard InChI is InChI=1S/C20H19BrClNO2/c1-20(2,3)25-18-11-16(21)15-10-13(6-9-17(15)23-18)19(24)12-4-7-14(22)8-5-12/h4-11,18,23H,1-3H3. The van der Waals surface area contributed by atoms with Gasteiger partial charge in [0.05, 0.1) is 5.60 Å². The van der Waals surface area contributed by atoms with Gasteiger partial charge in [0.15, 0.2) is 5.78 Å². The van der Waals surface area contributed by atoms with Crippen molar-refractivity contribution in [2.24, 2.45) is 0 Å². The van der Waals surface area contributed by atoms with E-state index < -0.39 is 0 Å². The van der Waals surface area contributed by atoms with Crippen molar-refractivity contribution in [1.29, 1.82) is 0 Å². The summed E-state index contributed by atoms with van der Waals surface area (Å²) < 4.78 is 6.87. The predicted molar refractivity (Wildman–Crippen MR) is 106 cm³/mol. The molecule has 1 atom stereocenters. The van der Waals surface area contributed by atoms with Crippen LogP contribution in [-0.2, 0) is 4.74 Å². The normalized spacial score (nSPS) is 16.7. The van der Waals surface area contributed by atoms with Crippen molar-refractivity contribution in [3.8, 4) is 0 Å². The fourth-order valence-corrected chi connectivity index (χ4v) is 3.33. The zero-order valence-corrected chi connectivity index (χ0v) is 16.6. The van der Waals surface area contributed by atoms with Crippen LogP contribution < -0.4 is 5.32 Å². The average molecular weight is 421 g/mol. The third kappa shape index (κ3) is 4.32. The Morgan fingerprint density at radius 1 is 1.12 bits per heavy atom. The van der Waals surface area contributed by atoms with Crippen molar-refractivity contribution < 1.29 is 9.53 Å². The maximum absolute atomic E-state index is 12.7. The molecule has 1 N–H and O–H groups in total. The molecule has 0 aromatic heterocycles. The number of fused-ring (bicyclic) bond motifs is 1. The lowest BCUT2D eigenvalue weighted by Gasteiger charge is -2.30. The van der Waals surface area contributed by atoms with Gasteiger partial charge in [-0.2, -0.15) is 0 Å². The van der Waals surface area contributed by atoms with E-state index in [0.29, 0.717) is 16.1 Å². The first-order valence-electron chi connectivity index (χ1n) is 7.99. The molecule has 3 nitrogen and oxygen atoms in total. The number of benzene rings is 2. The molecule has 3 rings (SSSR count). The molecule has 0 spiro atoms. The number of ketones is 1. The summed E-state index contributed by atoms with van der Waals surface area (Å²) in [5.74, 6) is -0.0344. The third-order valence-corrected chi connectivity index (χ3v) is 4.66. The average Bonchev–Trinajstić information content (AvgIpc) is 2.53. The molecule has 1 heterocycles. The van der Waals surface area contributed by atoms with Crippen LogP contribution in [0.3, 0.4) is 0 Å². The molecule has 0 bridgehead atoms. The summed E-state index contributed by atoms with van der Waals surface area (Å²) in [6.45, 7) is 6.04. The van der Waals surface area contributed by atoms with E-state index in [4.69, 9.17) is 16.3 Å². The quantitative estimate of drug-likeness (QED) is 0.631. The number of hydrogen-bond donors (Lipinski definition) is 1. The second-order valence-corrected chi connectivity index (χ2v) is 8.20. The van der Waals surface area contributed by atoms with Crippen molar-refractivity contribution in [3.05, 3.63) is 70.3 Å². The maximum Gasteiger partial charge on any atom is 0.193 e. The smallest absolute Gasteiger partial charge is 0.193 e. The highest BCUT2D eigenvalue weighted by atomic mass is 79.9. The van der Waals surface area contributed by atoms with E-state index in [1.807, 2.05) is 45.0 Å². The number of rotatable bonds is 3. The monoisotopic (exact) mass is 419 g/mol.